The molecule has 0 aliphatic carbocycles. The molecule has 2 N–H and O–H groups in total. The van der Waals surface area contributed by atoms with Crippen molar-refractivity contribution in [2.24, 2.45) is 5.73 Å². The van der Waals surface area contributed by atoms with Crippen LogP contribution in [0.15, 0.2) is 30.3 Å². The van der Waals surface area contributed by atoms with E-state index in [0.29, 0.717) is 6.04 Å². The van der Waals surface area contributed by atoms with Crippen LogP contribution < -0.4 is 5.73 Å². The maximum Gasteiger partial charge on any atom is 0.239 e. The van der Waals surface area contributed by atoms with Gasteiger partial charge in [-0.05, 0) is 45.6 Å². The Hall–Kier alpha value is -1.39. The Balaban J connectivity index is 2.06. The van der Waals surface area contributed by atoms with Crippen molar-refractivity contribution < 1.29 is 4.79 Å². The number of benzene rings is 1. The van der Waals surface area contributed by atoms with Crippen LogP contribution in [0.3, 0.4) is 0 Å². The molecule has 1 heterocycles. The van der Waals surface area contributed by atoms with Crippen LogP contribution in [0.2, 0.25) is 0 Å². The first-order valence-corrected chi connectivity index (χ1v) is 8.83. The van der Waals surface area contributed by atoms with Crippen LogP contribution in [-0.4, -0.2) is 46.9 Å². The molecular weight excluding hydrogens is 286 g/mol. The summed E-state index contributed by atoms with van der Waals surface area (Å²) in [6.45, 7) is 8.94. The molecule has 1 amide bonds. The van der Waals surface area contributed by atoms with Crippen molar-refractivity contribution in [3.63, 3.8) is 0 Å². The highest BCUT2D eigenvalue weighted by Crippen LogP contribution is 2.21. The molecule has 23 heavy (non-hydrogen) atoms. The second kappa shape index (κ2) is 8.46. The Labute approximate surface area is 140 Å². The van der Waals surface area contributed by atoms with Gasteiger partial charge < -0.3 is 10.6 Å². The number of carbonyl (C=O) groups excluding carboxylic acids is 1. The van der Waals surface area contributed by atoms with Gasteiger partial charge in [-0.15, -0.1) is 0 Å². The third kappa shape index (κ3) is 5.05. The zero-order valence-corrected chi connectivity index (χ0v) is 14.7. The van der Waals surface area contributed by atoms with Gasteiger partial charge in [-0.25, -0.2) is 0 Å². The number of carbonyl (C=O) groups is 1. The number of hydrogen-bond acceptors (Lipinski definition) is 3. The summed E-state index contributed by atoms with van der Waals surface area (Å²) in [6, 6.07) is 10.9. The van der Waals surface area contributed by atoms with Gasteiger partial charge in [0.25, 0.3) is 0 Å². The highest BCUT2D eigenvalue weighted by Gasteiger charge is 2.30. The highest BCUT2D eigenvalue weighted by molar-refractivity contribution is 5.81. The predicted molar refractivity (Wildman–Crippen MR) is 95.0 cm³/mol. The fourth-order valence-corrected chi connectivity index (χ4v) is 3.29. The van der Waals surface area contributed by atoms with Crippen LogP contribution in [0.25, 0.3) is 0 Å². The molecule has 2 atom stereocenters. The first-order valence-electron chi connectivity index (χ1n) is 8.83. The average Bonchev–Trinajstić information content (AvgIpc) is 2.55. The van der Waals surface area contributed by atoms with E-state index in [4.69, 9.17) is 5.73 Å². The van der Waals surface area contributed by atoms with Crippen LogP contribution in [0.5, 0.6) is 0 Å². The third-order valence-electron chi connectivity index (χ3n) is 4.70. The van der Waals surface area contributed by atoms with Crippen molar-refractivity contribution in [1.82, 2.24) is 9.80 Å². The van der Waals surface area contributed by atoms with E-state index in [1.54, 1.807) is 6.92 Å². The Morgan fingerprint density at radius 1 is 1.26 bits per heavy atom. The first-order chi connectivity index (χ1) is 11.0. The molecule has 4 heteroatoms. The third-order valence-corrected chi connectivity index (χ3v) is 4.70. The van der Waals surface area contributed by atoms with Gasteiger partial charge in [0.2, 0.25) is 5.91 Å². The van der Waals surface area contributed by atoms with Crippen LogP contribution in [0.4, 0.5) is 0 Å². The number of rotatable bonds is 6. The van der Waals surface area contributed by atoms with Crippen molar-refractivity contribution >= 4 is 5.91 Å². The number of piperidine rings is 1. The summed E-state index contributed by atoms with van der Waals surface area (Å²) in [5.74, 6) is 0.0955. The lowest BCUT2D eigenvalue weighted by molar-refractivity contribution is -0.136. The zero-order valence-electron chi connectivity index (χ0n) is 14.7. The van der Waals surface area contributed by atoms with Gasteiger partial charge in [0.1, 0.15) is 0 Å². The molecule has 0 aromatic heterocycles. The van der Waals surface area contributed by atoms with Crippen molar-refractivity contribution in [1.29, 1.82) is 0 Å². The molecule has 0 spiro atoms. The number of nitrogens with zero attached hydrogens (tertiary/aromatic N) is 2. The summed E-state index contributed by atoms with van der Waals surface area (Å²) < 4.78 is 0. The van der Waals surface area contributed by atoms with Crippen molar-refractivity contribution in [3.8, 4) is 0 Å². The molecule has 4 nitrogen and oxygen atoms in total. The van der Waals surface area contributed by atoms with E-state index in [2.05, 4.69) is 43.0 Å². The molecule has 1 aliphatic rings. The van der Waals surface area contributed by atoms with Crippen LogP contribution in [-0.2, 0) is 11.3 Å². The molecule has 1 saturated heterocycles. The molecule has 128 valence electrons. The Kier molecular flexibility index (Phi) is 6.60. The highest BCUT2D eigenvalue weighted by atomic mass is 16.2. The smallest absolute Gasteiger partial charge is 0.239 e. The quantitative estimate of drug-likeness (QED) is 0.877. The topological polar surface area (TPSA) is 49.6 Å². The number of hydrogen-bond donors (Lipinski definition) is 1. The molecule has 0 unspecified atom stereocenters. The fraction of sp³-hybridized carbons (Fsp3) is 0.632. The van der Waals surface area contributed by atoms with Crippen LogP contribution in [0, 0.1) is 0 Å². The van der Waals surface area contributed by atoms with Gasteiger partial charge in [0.15, 0.2) is 0 Å². The van der Waals surface area contributed by atoms with E-state index < -0.39 is 6.04 Å². The minimum Gasteiger partial charge on any atom is -0.337 e. The molecule has 1 aromatic carbocycles. The molecular formula is C19H31N3O. The summed E-state index contributed by atoms with van der Waals surface area (Å²) in [7, 11) is 0. The Morgan fingerprint density at radius 3 is 2.57 bits per heavy atom. The second-order valence-electron chi connectivity index (χ2n) is 6.98. The molecule has 1 aromatic rings. The van der Waals surface area contributed by atoms with Gasteiger partial charge in [0, 0.05) is 31.7 Å². The number of likely N-dealkylation sites (tertiary alicyclic amines) is 1. The molecule has 1 fully saturated rings. The Morgan fingerprint density at radius 2 is 1.96 bits per heavy atom. The monoisotopic (exact) mass is 317 g/mol. The lowest BCUT2D eigenvalue weighted by Crippen LogP contribution is -2.54. The standard InChI is InChI=1S/C19H31N3O/c1-15(2)21(13-17-9-5-4-6-10-17)14-18-11-7-8-12-22(18)19(23)16(3)20/h4-6,9-10,15-16,18H,7-8,11-14,20H2,1-3H3/t16-,18+/m0/s1. The fourth-order valence-electron chi connectivity index (χ4n) is 3.29. The Bertz CT molecular complexity index is 487. The summed E-state index contributed by atoms with van der Waals surface area (Å²) in [5, 5.41) is 0. The van der Waals surface area contributed by atoms with E-state index in [1.165, 1.54) is 12.0 Å². The minimum absolute atomic E-state index is 0.0955. The second-order valence-corrected chi connectivity index (χ2v) is 6.98. The molecule has 0 bridgehead atoms. The summed E-state index contributed by atoms with van der Waals surface area (Å²) in [5.41, 5.74) is 7.16. The SMILES string of the molecule is CC(C)N(Cc1ccccc1)C[C@H]1CCCCN1C(=O)[C@H](C)N. The van der Waals surface area contributed by atoms with Crippen molar-refractivity contribution in [3.05, 3.63) is 35.9 Å². The van der Waals surface area contributed by atoms with Gasteiger partial charge in [0.05, 0.1) is 6.04 Å². The molecule has 0 saturated carbocycles. The van der Waals surface area contributed by atoms with E-state index >= 15 is 0 Å². The lowest BCUT2D eigenvalue weighted by Gasteiger charge is -2.40. The lowest BCUT2D eigenvalue weighted by atomic mass is 9.99. The number of nitrogens with two attached hydrogens (primary N) is 1. The van der Waals surface area contributed by atoms with Crippen LogP contribution >= 0.6 is 0 Å². The summed E-state index contributed by atoms with van der Waals surface area (Å²) in [4.78, 5) is 16.9. The van der Waals surface area contributed by atoms with Gasteiger partial charge in [-0.3, -0.25) is 9.69 Å². The molecule has 2 rings (SSSR count). The zero-order chi connectivity index (χ0) is 16.8. The predicted octanol–water partition coefficient (Wildman–Crippen LogP) is 2.63. The van der Waals surface area contributed by atoms with Gasteiger partial charge in [-0.1, -0.05) is 30.3 Å². The summed E-state index contributed by atoms with van der Waals surface area (Å²) >= 11 is 0. The van der Waals surface area contributed by atoms with Gasteiger partial charge >= 0.3 is 0 Å². The van der Waals surface area contributed by atoms with Crippen molar-refractivity contribution in [2.75, 3.05) is 13.1 Å². The number of amides is 1. The van der Waals surface area contributed by atoms with Gasteiger partial charge in [-0.2, -0.15) is 0 Å². The van der Waals surface area contributed by atoms with Crippen molar-refractivity contribution in [2.45, 2.75) is 64.7 Å². The summed E-state index contributed by atoms with van der Waals surface area (Å²) in [6.07, 6.45) is 3.37. The maximum absolute atomic E-state index is 12.4. The average molecular weight is 317 g/mol. The molecule has 0 radical (unpaired) electrons. The van der Waals surface area contributed by atoms with E-state index in [1.807, 2.05) is 11.0 Å². The van der Waals surface area contributed by atoms with E-state index in [-0.39, 0.29) is 11.9 Å². The minimum atomic E-state index is -0.405. The first kappa shape index (κ1) is 18.0. The largest absolute Gasteiger partial charge is 0.337 e. The van der Waals surface area contributed by atoms with Crippen LogP contribution in [0.1, 0.15) is 45.6 Å². The maximum atomic E-state index is 12.4. The van der Waals surface area contributed by atoms with E-state index in [0.717, 1.165) is 32.5 Å². The normalized spacial score (nSPS) is 20.1. The molecule has 1 aliphatic heterocycles. The van der Waals surface area contributed by atoms with E-state index in [9.17, 15) is 4.79 Å².